The number of hydrogen-bond acceptors (Lipinski definition) is 2. The van der Waals surface area contributed by atoms with E-state index in [1.807, 2.05) is 60.7 Å². The van der Waals surface area contributed by atoms with Gasteiger partial charge in [-0.1, -0.05) is 67.6 Å². The van der Waals surface area contributed by atoms with E-state index in [4.69, 9.17) is 0 Å². The van der Waals surface area contributed by atoms with Crippen LogP contribution >= 0.6 is 0 Å². The van der Waals surface area contributed by atoms with E-state index < -0.39 is 6.04 Å². The normalized spacial score (nSPS) is 19.4. The van der Waals surface area contributed by atoms with Gasteiger partial charge in [-0.05, 0) is 17.9 Å². The van der Waals surface area contributed by atoms with Crippen LogP contribution in [0, 0.1) is 5.92 Å². The number of benzene rings is 2. The molecule has 0 aromatic heterocycles. The summed E-state index contributed by atoms with van der Waals surface area (Å²) in [6, 6.07) is 18.3. The zero-order chi connectivity index (χ0) is 16.2. The van der Waals surface area contributed by atoms with Crippen LogP contribution in [0.25, 0.3) is 0 Å². The minimum absolute atomic E-state index is 0.0146. The highest BCUT2D eigenvalue weighted by Crippen LogP contribution is 2.30. The van der Waals surface area contributed by atoms with Gasteiger partial charge in [0.2, 0.25) is 5.91 Å². The molecule has 2 unspecified atom stereocenters. The van der Waals surface area contributed by atoms with Crippen molar-refractivity contribution in [3.05, 3.63) is 71.8 Å². The highest BCUT2D eigenvalue weighted by Gasteiger charge is 2.34. The van der Waals surface area contributed by atoms with Gasteiger partial charge >= 0.3 is 0 Å². The van der Waals surface area contributed by atoms with E-state index in [-0.39, 0.29) is 11.7 Å². The van der Waals surface area contributed by atoms with Crippen molar-refractivity contribution in [2.75, 3.05) is 6.54 Å². The highest BCUT2D eigenvalue weighted by molar-refractivity contribution is 6.02. The van der Waals surface area contributed by atoms with E-state index in [9.17, 15) is 9.59 Å². The summed E-state index contributed by atoms with van der Waals surface area (Å²) in [4.78, 5) is 27.3. The number of hydrogen-bond donors (Lipinski definition) is 0. The molecule has 0 N–H and O–H groups in total. The summed E-state index contributed by atoms with van der Waals surface area (Å²) in [5.41, 5.74) is 1.52. The fourth-order valence-electron chi connectivity index (χ4n) is 3.16. The molecule has 3 heteroatoms. The Labute approximate surface area is 136 Å². The van der Waals surface area contributed by atoms with E-state index in [0.717, 1.165) is 12.0 Å². The lowest BCUT2D eigenvalue weighted by Gasteiger charge is -2.36. The summed E-state index contributed by atoms with van der Waals surface area (Å²) >= 11 is 0. The molecule has 23 heavy (non-hydrogen) atoms. The number of carbonyl (C=O) groups is 2. The van der Waals surface area contributed by atoms with Gasteiger partial charge < -0.3 is 4.90 Å². The minimum atomic E-state index is -0.533. The van der Waals surface area contributed by atoms with E-state index in [1.54, 1.807) is 4.90 Å². The Hall–Kier alpha value is -2.42. The monoisotopic (exact) mass is 307 g/mol. The van der Waals surface area contributed by atoms with Crippen molar-refractivity contribution in [3.8, 4) is 0 Å². The number of likely N-dealkylation sites (tertiary alicyclic amines) is 1. The topological polar surface area (TPSA) is 37.4 Å². The molecule has 118 valence electrons. The predicted molar refractivity (Wildman–Crippen MR) is 90.1 cm³/mol. The number of ketones is 1. The van der Waals surface area contributed by atoms with Gasteiger partial charge in [0.15, 0.2) is 5.78 Å². The summed E-state index contributed by atoms with van der Waals surface area (Å²) < 4.78 is 0. The second-order valence-corrected chi connectivity index (χ2v) is 6.23. The van der Waals surface area contributed by atoms with Crippen molar-refractivity contribution in [1.82, 2.24) is 4.90 Å². The quantitative estimate of drug-likeness (QED) is 0.804. The molecule has 0 bridgehead atoms. The molecule has 1 fully saturated rings. The Morgan fingerprint density at radius 3 is 2.30 bits per heavy atom. The van der Waals surface area contributed by atoms with Gasteiger partial charge in [0.05, 0.1) is 0 Å². The Morgan fingerprint density at radius 2 is 1.65 bits per heavy atom. The maximum absolute atomic E-state index is 13.1. The highest BCUT2D eigenvalue weighted by atomic mass is 16.2. The van der Waals surface area contributed by atoms with Crippen LogP contribution in [0.3, 0.4) is 0 Å². The minimum Gasteiger partial charge on any atom is -0.328 e. The van der Waals surface area contributed by atoms with Crippen LogP contribution in [-0.4, -0.2) is 23.1 Å². The maximum Gasteiger partial charge on any atom is 0.223 e. The molecule has 0 spiro atoms. The molecule has 0 aliphatic carbocycles. The SMILES string of the molecule is CC1CCC(=O)N(C(C(=O)c2ccccc2)c2ccccc2)C1. The standard InChI is InChI=1S/C20H21NO2/c1-15-12-13-18(22)21(14-15)19(16-8-4-2-5-9-16)20(23)17-10-6-3-7-11-17/h2-11,15,19H,12-14H2,1H3. The molecular weight excluding hydrogens is 286 g/mol. The van der Waals surface area contributed by atoms with E-state index in [1.165, 1.54) is 0 Å². The van der Waals surface area contributed by atoms with Crippen molar-refractivity contribution in [2.45, 2.75) is 25.8 Å². The number of nitrogens with zero attached hydrogens (tertiary/aromatic N) is 1. The number of piperidine rings is 1. The average Bonchev–Trinajstić information content (AvgIpc) is 2.60. The van der Waals surface area contributed by atoms with Crippen LogP contribution in [0.1, 0.15) is 41.7 Å². The van der Waals surface area contributed by atoms with Gasteiger partial charge in [-0.15, -0.1) is 0 Å². The molecular formula is C20H21NO2. The summed E-state index contributed by atoms with van der Waals surface area (Å²) in [6.07, 6.45) is 1.42. The Bertz CT molecular complexity index is 681. The molecule has 1 saturated heterocycles. The second-order valence-electron chi connectivity index (χ2n) is 6.23. The van der Waals surface area contributed by atoms with Crippen molar-refractivity contribution in [1.29, 1.82) is 0 Å². The van der Waals surface area contributed by atoms with Gasteiger partial charge in [0, 0.05) is 18.5 Å². The van der Waals surface area contributed by atoms with E-state index in [0.29, 0.717) is 24.4 Å². The Balaban J connectivity index is 2.00. The summed E-state index contributed by atoms with van der Waals surface area (Å²) in [6.45, 7) is 2.77. The molecule has 1 aliphatic heterocycles. The van der Waals surface area contributed by atoms with Crippen LogP contribution in [0.5, 0.6) is 0 Å². The number of amides is 1. The molecule has 0 saturated carbocycles. The van der Waals surface area contributed by atoms with E-state index in [2.05, 4.69) is 6.92 Å². The largest absolute Gasteiger partial charge is 0.328 e. The predicted octanol–water partition coefficient (Wildman–Crippen LogP) is 3.87. The fourth-order valence-corrected chi connectivity index (χ4v) is 3.16. The van der Waals surface area contributed by atoms with Gasteiger partial charge in [0.1, 0.15) is 6.04 Å². The molecule has 0 radical (unpaired) electrons. The average molecular weight is 307 g/mol. The van der Waals surface area contributed by atoms with Crippen molar-refractivity contribution < 1.29 is 9.59 Å². The lowest BCUT2D eigenvalue weighted by molar-refractivity contribution is -0.136. The van der Waals surface area contributed by atoms with Gasteiger partial charge in [-0.25, -0.2) is 0 Å². The first-order chi connectivity index (χ1) is 11.2. The van der Waals surface area contributed by atoms with Crippen LogP contribution in [0.2, 0.25) is 0 Å². The first kappa shape index (κ1) is 15.5. The second kappa shape index (κ2) is 6.78. The van der Waals surface area contributed by atoms with Gasteiger partial charge in [0.25, 0.3) is 0 Å². The number of rotatable bonds is 4. The van der Waals surface area contributed by atoms with E-state index >= 15 is 0 Å². The lowest BCUT2D eigenvalue weighted by Crippen LogP contribution is -2.44. The molecule has 1 aliphatic rings. The maximum atomic E-state index is 13.1. The number of carbonyl (C=O) groups excluding carboxylic acids is 2. The van der Waals surface area contributed by atoms with Crippen molar-refractivity contribution >= 4 is 11.7 Å². The smallest absolute Gasteiger partial charge is 0.223 e. The molecule has 2 aromatic rings. The number of Topliss-reactive ketones (excluding diaryl/α,β-unsaturated/α-hetero) is 1. The van der Waals surface area contributed by atoms with Crippen molar-refractivity contribution in [3.63, 3.8) is 0 Å². The summed E-state index contributed by atoms with van der Waals surface area (Å²) in [7, 11) is 0. The molecule has 2 atom stereocenters. The molecule has 1 amide bonds. The third-order valence-corrected chi connectivity index (χ3v) is 4.41. The molecule has 3 nitrogen and oxygen atoms in total. The molecule has 3 rings (SSSR count). The zero-order valence-electron chi connectivity index (χ0n) is 13.3. The summed E-state index contributed by atoms with van der Waals surface area (Å²) in [5.74, 6) is 0.475. The first-order valence-corrected chi connectivity index (χ1v) is 8.10. The molecule has 1 heterocycles. The van der Waals surface area contributed by atoms with Crippen LogP contribution in [-0.2, 0) is 4.79 Å². The molecule has 2 aromatic carbocycles. The fraction of sp³-hybridized carbons (Fsp3) is 0.300. The lowest BCUT2D eigenvalue weighted by atomic mass is 9.91. The van der Waals surface area contributed by atoms with Crippen LogP contribution < -0.4 is 0 Å². The van der Waals surface area contributed by atoms with Crippen LogP contribution in [0.15, 0.2) is 60.7 Å². The van der Waals surface area contributed by atoms with Gasteiger partial charge in [-0.2, -0.15) is 0 Å². The third kappa shape index (κ3) is 3.34. The Kier molecular flexibility index (Phi) is 4.56. The Morgan fingerprint density at radius 1 is 1.04 bits per heavy atom. The zero-order valence-corrected chi connectivity index (χ0v) is 13.3. The van der Waals surface area contributed by atoms with Gasteiger partial charge in [-0.3, -0.25) is 9.59 Å². The van der Waals surface area contributed by atoms with Crippen molar-refractivity contribution in [2.24, 2.45) is 5.92 Å². The van der Waals surface area contributed by atoms with Crippen LogP contribution in [0.4, 0.5) is 0 Å². The summed E-state index contributed by atoms with van der Waals surface area (Å²) in [5, 5.41) is 0. The first-order valence-electron chi connectivity index (χ1n) is 8.10. The third-order valence-electron chi connectivity index (χ3n) is 4.41.